The molecule has 1 amide bonds. The van der Waals surface area contributed by atoms with Crippen molar-refractivity contribution < 1.29 is 17.9 Å². The fourth-order valence-electron chi connectivity index (χ4n) is 3.48. The molecule has 0 aliphatic carbocycles. The van der Waals surface area contributed by atoms with Crippen molar-refractivity contribution in [1.29, 1.82) is 0 Å². The van der Waals surface area contributed by atoms with Crippen LogP contribution in [0.5, 0.6) is 5.75 Å². The summed E-state index contributed by atoms with van der Waals surface area (Å²) in [6, 6.07) is 12.8. The molecule has 1 fully saturated rings. The maximum absolute atomic E-state index is 13.4. The summed E-state index contributed by atoms with van der Waals surface area (Å²) in [6.45, 7) is 3.10. The quantitative estimate of drug-likeness (QED) is 0.690. The first kappa shape index (κ1) is 21.5. The van der Waals surface area contributed by atoms with Crippen LogP contribution in [0.3, 0.4) is 0 Å². The summed E-state index contributed by atoms with van der Waals surface area (Å²) in [5, 5.41) is 0.275. The minimum Gasteiger partial charge on any atom is -0.495 e. The van der Waals surface area contributed by atoms with E-state index in [1.165, 1.54) is 25.3 Å². The van der Waals surface area contributed by atoms with E-state index < -0.39 is 10.0 Å². The van der Waals surface area contributed by atoms with E-state index in [-0.39, 0.29) is 22.4 Å². The highest BCUT2D eigenvalue weighted by Gasteiger charge is 2.30. The number of amides is 1. The highest BCUT2D eigenvalue weighted by Crippen LogP contribution is 2.32. The van der Waals surface area contributed by atoms with E-state index in [1.54, 1.807) is 35.2 Å². The molecule has 0 radical (unpaired) electrons. The number of piperidine rings is 1. The maximum Gasteiger partial charge on any atom is 0.264 e. The lowest BCUT2D eigenvalue weighted by Crippen LogP contribution is -2.46. The molecular formula is C21H25ClN2O4S. The lowest BCUT2D eigenvalue weighted by atomic mass is 10.0. The van der Waals surface area contributed by atoms with Gasteiger partial charge in [-0.2, -0.15) is 0 Å². The van der Waals surface area contributed by atoms with Crippen LogP contribution in [-0.2, 0) is 14.8 Å². The highest BCUT2D eigenvalue weighted by molar-refractivity contribution is 7.92. The van der Waals surface area contributed by atoms with E-state index in [2.05, 4.69) is 6.92 Å². The van der Waals surface area contributed by atoms with Crippen molar-refractivity contribution in [1.82, 2.24) is 4.90 Å². The van der Waals surface area contributed by atoms with Gasteiger partial charge < -0.3 is 9.64 Å². The number of halogens is 1. The van der Waals surface area contributed by atoms with Crippen molar-refractivity contribution in [3.63, 3.8) is 0 Å². The van der Waals surface area contributed by atoms with Crippen molar-refractivity contribution in [3.8, 4) is 5.75 Å². The summed E-state index contributed by atoms with van der Waals surface area (Å²) in [6.07, 6.45) is 2.00. The van der Waals surface area contributed by atoms with Crippen LogP contribution in [0, 0.1) is 5.92 Å². The number of nitrogens with zero attached hydrogens (tertiary/aromatic N) is 2. The number of carbonyl (C=O) groups excluding carboxylic acids is 1. The summed E-state index contributed by atoms with van der Waals surface area (Å²) in [4.78, 5) is 14.8. The molecule has 3 rings (SSSR count). The lowest BCUT2D eigenvalue weighted by Gasteiger charge is -2.33. The van der Waals surface area contributed by atoms with Crippen LogP contribution in [-0.4, -0.2) is 46.0 Å². The molecule has 2 aromatic rings. The van der Waals surface area contributed by atoms with E-state index in [9.17, 15) is 13.2 Å². The van der Waals surface area contributed by atoms with Crippen LogP contribution in [0.2, 0.25) is 5.02 Å². The van der Waals surface area contributed by atoms with E-state index in [1.807, 2.05) is 0 Å². The molecule has 1 atom stereocenters. The standard InChI is InChI=1S/C21H25ClN2O4S/c1-16-7-6-12-23(14-16)21(25)15-24(17-10-11-20(28-2)19(22)13-17)29(26,27)18-8-4-3-5-9-18/h3-5,8-11,13,16H,6-7,12,14-15H2,1-2H3/t16-/m1/s1. The SMILES string of the molecule is COc1ccc(N(CC(=O)N2CCC[C@@H](C)C2)S(=O)(=O)c2ccccc2)cc1Cl. The number of rotatable bonds is 6. The first-order valence-corrected chi connectivity index (χ1v) is 11.3. The number of sulfonamides is 1. The van der Waals surface area contributed by atoms with Gasteiger partial charge in [0.05, 0.1) is 22.7 Å². The van der Waals surface area contributed by atoms with Crippen molar-refractivity contribution in [2.24, 2.45) is 5.92 Å². The summed E-state index contributed by atoms with van der Waals surface area (Å²) in [5.41, 5.74) is 0.318. The normalized spacial score (nSPS) is 17.1. The van der Waals surface area contributed by atoms with Crippen molar-refractivity contribution in [2.75, 3.05) is 31.0 Å². The molecule has 0 N–H and O–H groups in total. The molecule has 1 saturated heterocycles. The Hall–Kier alpha value is -2.25. The molecular weight excluding hydrogens is 412 g/mol. The van der Waals surface area contributed by atoms with Gasteiger partial charge in [0.25, 0.3) is 10.0 Å². The predicted octanol–water partition coefficient (Wildman–Crippen LogP) is 3.80. The number of carbonyl (C=O) groups is 1. The minimum absolute atomic E-state index is 0.117. The van der Waals surface area contributed by atoms with Gasteiger partial charge in [0.2, 0.25) is 5.91 Å². The molecule has 29 heavy (non-hydrogen) atoms. The molecule has 1 aliphatic heterocycles. The molecule has 0 unspecified atom stereocenters. The topological polar surface area (TPSA) is 66.9 Å². The van der Waals surface area contributed by atoms with Gasteiger partial charge in [-0.3, -0.25) is 9.10 Å². The minimum atomic E-state index is -3.95. The first-order valence-electron chi connectivity index (χ1n) is 9.52. The van der Waals surface area contributed by atoms with E-state index >= 15 is 0 Å². The molecule has 1 heterocycles. The zero-order chi connectivity index (χ0) is 21.0. The fourth-order valence-corrected chi connectivity index (χ4v) is 5.16. The molecule has 6 nitrogen and oxygen atoms in total. The first-order chi connectivity index (χ1) is 13.8. The Morgan fingerprint density at radius 3 is 2.59 bits per heavy atom. The summed E-state index contributed by atoms with van der Waals surface area (Å²) < 4.78 is 33.0. The second-order valence-corrected chi connectivity index (χ2v) is 9.50. The van der Waals surface area contributed by atoms with Crippen molar-refractivity contribution >= 4 is 33.2 Å². The second-order valence-electron chi connectivity index (χ2n) is 7.23. The molecule has 1 aliphatic rings. The molecule has 0 spiro atoms. The number of ether oxygens (including phenoxy) is 1. The molecule has 0 saturated carbocycles. The van der Waals surface area contributed by atoms with Crippen molar-refractivity contribution in [3.05, 3.63) is 53.6 Å². The average molecular weight is 437 g/mol. The van der Waals surface area contributed by atoms with Crippen LogP contribution in [0.1, 0.15) is 19.8 Å². The van der Waals surface area contributed by atoms with Crippen LogP contribution < -0.4 is 9.04 Å². The van der Waals surface area contributed by atoms with Gasteiger partial charge in [0.15, 0.2) is 0 Å². The third-order valence-corrected chi connectivity index (χ3v) is 7.13. The van der Waals surface area contributed by atoms with E-state index in [4.69, 9.17) is 16.3 Å². The monoisotopic (exact) mass is 436 g/mol. The van der Waals surface area contributed by atoms with Crippen molar-refractivity contribution in [2.45, 2.75) is 24.7 Å². The fraction of sp³-hybridized carbons (Fsp3) is 0.381. The lowest BCUT2D eigenvalue weighted by molar-refractivity contribution is -0.131. The maximum atomic E-state index is 13.4. The van der Waals surface area contributed by atoms with Gasteiger partial charge in [-0.15, -0.1) is 0 Å². The number of hydrogen-bond donors (Lipinski definition) is 0. The van der Waals surface area contributed by atoms with Crippen LogP contribution in [0.15, 0.2) is 53.4 Å². The molecule has 0 aromatic heterocycles. The second kappa shape index (κ2) is 9.05. The summed E-state index contributed by atoms with van der Waals surface area (Å²) in [7, 11) is -2.46. The number of methoxy groups -OCH3 is 1. The Balaban J connectivity index is 1.97. The van der Waals surface area contributed by atoms with E-state index in [0.717, 1.165) is 17.1 Å². The Morgan fingerprint density at radius 1 is 1.24 bits per heavy atom. The van der Waals surface area contributed by atoms with E-state index in [0.29, 0.717) is 30.4 Å². The average Bonchev–Trinajstić information content (AvgIpc) is 2.72. The van der Waals surface area contributed by atoms with Gasteiger partial charge in [0.1, 0.15) is 12.3 Å². The third-order valence-electron chi connectivity index (χ3n) is 5.04. The number of anilines is 1. The summed E-state index contributed by atoms with van der Waals surface area (Å²) >= 11 is 6.23. The molecule has 8 heteroatoms. The molecule has 0 bridgehead atoms. The Bertz CT molecular complexity index is 966. The highest BCUT2D eigenvalue weighted by atomic mass is 35.5. The Kier molecular flexibility index (Phi) is 6.70. The zero-order valence-electron chi connectivity index (χ0n) is 16.5. The van der Waals surface area contributed by atoms with Gasteiger partial charge in [-0.25, -0.2) is 8.42 Å². The van der Waals surface area contributed by atoms with Crippen LogP contribution in [0.4, 0.5) is 5.69 Å². The summed E-state index contributed by atoms with van der Waals surface area (Å²) in [5.74, 6) is 0.619. The number of likely N-dealkylation sites (tertiary alicyclic amines) is 1. The third kappa shape index (κ3) is 4.85. The van der Waals surface area contributed by atoms with Crippen LogP contribution in [0.25, 0.3) is 0 Å². The Morgan fingerprint density at radius 2 is 1.97 bits per heavy atom. The number of hydrogen-bond acceptors (Lipinski definition) is 4. The van der Waals surface area contributed by atoms with Gasteiger partial charge in [-0.05, 0) is 49.1 Å². The molecule has 2 aromatic carbocycles. The Labute approximate surface area is 177 Å². The zero-order valence-corrected chi connectivity index (χ0v) is 18.1. The molecule has 156 valence electrons. The smallest absolute Gasteiger partial charge is 0.264 e. The van der Waals surface area contributed by atoms with Gasteiger partial charge in [0, 0.05) is 13.1 Å². The number of benzene rings is 2. The van der Waals surface area contributed by atoms with Gasteiger partial charge >= 0.3 is 0 Å². The largest absolute Gasteiger partial charge is 0.495 e. The van der Waals surface area contributed by atoms with Gasteiger partial charge in [-0.1, -0.05) is 36.7 Å². The van der Waals surface area contributed by atoms with Crippen LogP contribution >= 0.6 is 11.6 Å². The predicted molar refractivity (Wildman–Crippen MR) is 114 cm³/mol.